The lowest BCUT2D eigenvalue weighted by Crippen LogP contribution is -3.13. The van der Waals surface area contributed by atoms with E-state index in [1.54, 1.807) is 18.2 Å². The number of nitrogens with zero attached hydrogens (tertiary/aromatic N) is 1. The monoisotopic (exact) mass is 398 g/mol. The second-order valence-electron chi connectivity index (χ2n) is 7.37. The van der Waals surface area contributed by atoms with Crippen LogP contribution in [0.3, 0.4) is 0 Å². The molecule has 152 valence electrons. The number of rotatable bonds is 5. The van der Waals surface area contributed by atoms with Crippen LogP contribution in [-0.4, -0.2) is 55.1 Å². The fourth-order valence-corrected chi connectivity index (χ4v) is 3.85. The summed E-state index contributed by atoms with van der Waals surface area (Å²) in [7, 11) is 0. The van der Waals surface area contributed by atoms with Crippen LogP contribution in [0.25, 0.3) is 6.08 Å². The van der Waals surface area contributed by atoms with E-state index in [0.29, 0.717) is 30.0 Å². The number of piperazine rings is 1. The molecule has 0 unspecified atom stereocenters. The van der Waals surface area contributed by atoms with Gasteiger partial charge in [0.15, 0.2) is 5.76 Å². The van der Waals surface area contributed by atoms with Gasteiger partial charge in [0.25, 0.3) is 0 Å². The Balaban J connectivity index is 1.56. The number of benzene rings is 2. The Morgan fingerprint density at radius 2 is 1.97 bits per heavy atom. The van der Waals surface area contributed by atoms with E-state index in [2.05, 4.69) is 4.90 Å². The van der Waals surface area contributed by atoms with Crippen LogP contribution in [0.4, 0.5) is 4.39 Å². The number of aliphatic hydroxyl groups excluding tert-OH is 1. The van der Waals surface area contributed by atoms with Gasteiger partial charge in [-0.3, -0.25) is 9.69 Å². The standard InChI is InChI=1S/C22H23FN2O4/c23-18-4-2-1-3-15(18)13-20-21(28)16-5-6-19(27)17(22(16)29-20)14-25-9-7-24(8-10-25)11-12-26/h1-6,13,26-27H,7-12,14H2. The van der Waals surface area contributed by atoms with E-state index >= 15 is 0 Å². The van der Waals surface area contributed by atoms with E-state index < -0.39 is 5.82 Å². The number of quaternary nitrogens is 1. The molecule has 0 amide bonds. The van der Waals surface area contributed by atoms with Crippen LogP contribution in [0.2, 0.25) is 0 Å². The number of allylic oxidation sites excluding steroid dienone is 1. The first-order valence-corrected chi connectivity index (χ1v) is 9.75. The van der Waals surface area contributed by atoms with E-state index in [1.807, 2.05) is 0 Å². The highest BCUT2D eigenvalue weighted by Gasteiger charge is 2.31. The van der Waals surface area contributed by atoms with Crippen LogP contribution >= 0.6 is 0 Å². The Kier molecular flexibility index (Phi) is 5.62. The van der Waals surface area contributed by atoms with Crippen LogP contribution < -0.4 is 14.7 Å². The molecule has 29 heavy (non-hydrogen) atoms. The van der Waals surface area contributed by atoms with Crippen LogP contribution in [-0.2, 0) is 6.54 Å². The van der Waals surface area contributed by atoms with Gasteiger partial charge in [-0.05, 0) is 18.2 Å². The van der Waals surface area contributed by atoms with E-state index in [1.165, 1.54) is 29.2 Å². The van der Waals surface area contributed by atoms with Gasteiger partial charge >= 0.3 is 0 Å². The van der Waals surface area contributed by atoms with Crippen molar-refractivity contribution in [3.63, 3.8) is 0 Å². The zero-order valence-corrected chi connectivity index (χ0v) is 16.0. The van der Waals surface area contributed by atoms with Crippen molar-refractivity contribution < 1.29 is 29.0 Å². The Hall–Kier alpha value is -2.74. The Bertz CT molecular complexity index is 952. The number of fused-ring (bicyclic) bond motifs is 1. The minimum Gasteiger partial charge on any atom is -0.872 e. The van der Waals surface area contributed by atoms with Crippen molar-refractivity contribution in [1.82, 2.24) is 4.90 Å². The van der Waals surface area contributed by atoms with E-state index in [0.717, 1.165) is 26.2 Å². The fraction of sp³-hybridized carbons (Fsp3) is 0.318. The van der Waals surface area contributed by atoms with Gasteiger partial charge in [-0.15, -0.1) is 0 Å². The molecule has 0 radical (unpaired) electrons. The number of hydrogen-bond acceptors (Lipinski definition) is 5. The molecule has 2 N–H and O–H groups in total. The maximum atomic E-state index is 14.0. The lowest BCUT2D eigenvalue weighted by molar-refractivity contribution is -0.918. The molecule has 4 rings (SSSR count). The highest BCUT2D eigenvalue weighted by Crippen LogP contribution is 2.38. The second-order valence-corrected chi connectivity index (χ2v) is 7.37. The summed E-state index contributed by atoms with van der Waals surface area (Å²) in [6, 6.07) is 9.04. The highest BCUT2D eigenvalue weighted by atomic mass is 19.1. The predicted molar refractivity (Wildman–Crippen MR) is 103 cm³/mol. The molecule has 7 heteroatoms. The zero-order chi connectivity index (χ0) is 20.4. The average molecular weight is 398 g/mol. The lowest BCUT2D eigenvalue weighted by atomic mass is 10.0. The fourth-order valence-electron chi connectivity index (χ4n) is 3.85. The highest BCUT2D eigenvalue weighted by molar-refractivity contribution is 6.14. The molecule has 1 saturated heterocycles. The van der Waals surface area contributed by atoms with Crippen molar-refractivity contribution in [2.24, 2.45) is 0 Å². The molecule has 2 aromatic rings. The maximum absolute atomic E-state index is 14.0. The summed E-state index contributed by atoms with van der Waals surface area (Å²) in [5.74, 6) is -0.612. The molecular formula is C22H23FN2O4. The van der Waals surface area contributed by atoms with Crippen molar-refractivity contribution in [3.05, 3.63) is 64.7 Å². The van der Waals surface area contributed by atoms with Gasteiger partial charge in [0, 0.05) is 30.8 Å². The first kappa shape index (κ1) is 19.6. The molecule has 0 aliphatic carbocycles. The number of aliphatic hydroxyl groups is 1. The number of Topliss-reactive ketones (excluding diaryl/α,β-unsaturated/α-hetero) is 1. The molecule has 2 heterocycles. The molecule has 0 atom stereocenters. The zero-order valence-electron chi connectivity index (χ0n) is 16.0. The largest absolute Gasteiger partial charge is 0.872 e. The third-order valence-corrected chi connectivity index (χ3v) is 5.50. The molecule has 6 nitrogen and oxygen atoms in total. The van der Waals surface area contributed by atoms with Crippen LogP contribution in [0, 0.1) is 5.82 Å². The first-order chi connectivity index (χ1) is 14.1. The van der Waals surface area contributed by atoms with Gasteiger partial charge in [-0.25, -0.2) is 4.39 Å². The summed E-state index contributed by atoms with van der Waals surface area (Å²) in [5, 5.41) is 21.6. The summed E-state index contributed by atoms with van der Waals surface area (Å²) < 4.78 is 19.7. The number of carbonyl (C=O) groups is 1. The van der Waals surface area contributed by atoms with E-state index in [9.17, 15) is 14.3 Å². The Morgan fingerprint density at radius 1 is 1.21 bits per heavy atom. The van der Waals surface area contributed by atoms with Crippen molar-refractivity contribution in [2.45, 2.75) is 6.54 Å². The molecule has 2 aliphatic heterocycles. The number of carbonyl (C=O) groups excluding carboxylic acids is 1. The number of halogens is 1. The van der Waals surface area contributed by atoms with E-state index in [-0.39, 0.29) is 29.5 Å². The molecule has 0 bridgehead atoms. The SMILES string of the molecule is O=C1C(=Cc2ccccc2F)Oc2c1ccc([O-])c2C[NH+]1CCN(CCO)CC1. The number of ether oxygens (including phenoxy) is 1. The molecular weight excluding hydrogens is 375 g/mol. The van der Waals surface area contributed by atoms with Crippen molar-refractivity contribution in [3.8, 4) is 11.5 Å². The van der Waals surface area contributed by atoms with Crippen molar-refractivity contribution in [1.29, 1.82) is 0 Å². The Morgan fingerprint density at radius 3 is 2.69 bits per heavy atom. The lowest BCUT2D eigenvalue weighted by Gasteiger charge is -2.32. The van der Waals surface area contributed by atoms with Crippen LogP contribution in [0.15, 0.2) is 42.2 Å². The molecule has 0 saturated carbocycles. The molecule has 0 aromatic heterocycles. The minimum absolute atomic E-state index is 0.0275. The van der Waals surface area contributed by atoms with Crippen molar-refractivity contribution in [2.75, 3.05) is 39.3 Å². The third kappa shape index (κ3) is 4.03. The number of β-amino-alcohol motifs (C(OH)–C–C–N with tert-alkyl or cyclic N) is 1. The third-order valence-electron chi connectivity index (χ3n) is 5.50. The summed E-state index contributed by atoms with van der Waals surface area (Å²) in [5.41, 5.74) is 1.09. The predicted octanol–water partition coefficient (Wildman–Crippen LogP) is 0.208. The number of hydrogen-bond donors (Lipinski definition) is 2. The first-order valence-electron chi connectivity index (χ1n) is 9.75. The molecule has 0 spiro atoms. The quantitative estimate of drug-likeness (QED) is 0.704. The van der Waals surface area contributed by atoms with Gasteiger partial charge in [0.2, 0.25) is 5.78 Å². The summed E-state index contributed by atoms with van der Waals surface area (Å²) in [4.78, 5) is 16.1. The summed E-state index contributed by atoms with van der Waals surface area (Å²) in [6.45, 7) is 4.63. The van der Waals surface area contributed by atoms with Gasteiger partial charge in [0.1, 0.15) is 18.1 Å². The number of ketones is 1. The van der Waals surface area contributed by atoms with Gasteiger partial charge in [-0.2, -0.15) is 0 Å². The van der Waals surface area contributed by atoms with Crippen LogP contribution in [0.5, 0.6) is 11.5 Å². The minimum atomic E-state index is -0.442. The summed E-state index contributed by atoms with van der Waals surface area (Å²) in [6.07, 6.45) is 1.38. The van der Waals surface area contributed by atoms with Gasteiger partial charge < -0.3 is 19.8 Å². The molecule has 1 fully saturated rings. The van der Waals surface area contributed by atoms with Crippen LogP contribution in [0.1, 0.15) is 21.5 Å². The van der Waals surface area contributed by atoms with Crippen molar-refractivity contribution >= 4 is 11.9 Å². The normalized spacial score (nSPS) is 18.8. The average Bonchev–Trinajstić information content (AvgIpc) is 3.03. The maximum Gasteiger partial charge on any atom is 0.231 e. The Labute approximate surface area is 168 Å². The van der Waals surface area contributed by atoms with Gasteiger partial charge in [-0.1, -0.05) is 30.0 Å². The molecule has 2 aromatic carbocycles. The second kappa shape index (κ2) is 8.32. The molecule has 2 aliphatic rings. The topological polar surface area (TPSA) is 77.3 Å². The smallest absolute Gasteiger partial charge is 0.231 e. The summed E-state index contributed by atoms with van der Waals surface area (Å²) >= 11 is 0. The number of nitrogens with one attached hydrogen (secondary N) is 1. The van der Waals surface area contributed by atoms with Gasteiger partial charge in [0.05, 0.1) is 25.3 Å². The van der Waals surface area contributed by atoms with E-state index in [4.69, 9.17) is 9.84 Å².